The monoisotopic (exact) mass is 689 g/mol. The predicted octanol–water partition coefficient (Wildman–Crippen LogP) is 11.7. The summed E-state index contributed by atoms with van der Waals surface area (Å²) in [6, 6.07) is 2.28. The van der Waals surface area contributed by atoms with Gasteiger partial charge in [0.05, 0.1) is 18.0 Å². The van der Waals surface area contributed by atoms with Crippen molar-refractivity contribution in [3.05, 3.63) is 145 Å². The molecular formula is C45H64N6. The van der Waals surface area contributed by atoms with E-state index in [1.54, 1.807) is 22.9 Å². The topological polar surface area (TPSA) is 78.0 Å². The zero-order valence-corrected chi connectivity index (χ0v) is 33.6. The summed E-state index contributed by atoms with van der Waals surface area (Å²) < 4.78 is 1.79. The van der Waals surface area contributed by atoms with E-state index in [0.29, 0.717) is 11.6 Å². The number of nitrogens with zero attached hydrogens (tertiary/aromatic N) is 4. The molecule has 0 radical (unpaired) electrons. The normalized spacial score (nSPS) is 12.9. The van der Waals surface area contributed by atoms with E-state index < -0.39 is 0 Å². The Bertz CT molecular complexity index is 1660. The lowest BCUT2D eigenvalue weighted by Crippen LogP contribution is -2.26. The summed E-state index contributed by atoms with van der Waals surface area (Å²) in [6.07, 6.45) is 15.2. The van der Waals surface area contributed by atoms with Crippen LogP contribution >= 0.6 is 0 Å². The average Bonchev–Trinajstić information content (AvgIpc) is 3.52. The first kappa shape index (κ1) is 47.8. The summed E-state index contributed by atoms with van der Waals surface area (Å²) >= 11 is 0. The minimum Gasteiger partial charge on any atom is -0.384 e. The maximum atomic E-state index is 9.18. The van der Waals surface area contributed by atoms with Gasteiger partial charge in [0, 0.05) is 24.0 Å². The molecule has 0 aliphatic rings. The Morgan fingerprint density at radius 2 is 1.65 bits per heavy atom. The van der Waals surface area contributed by atoms with Gasteiger partial charge in [-0.05, 0) is 104 Å². The Balaban J connectivity index is 0. The molecule has 2 N–H and O–H groups in total. The smallest absolute Gasteiger partial charge is 0.214 e. The molecule has 6 nitrogen and oxygen atoms in total. The van der Waals surface area contributed by atoms with Crippen molar-refractivity contribution >= 4 is 11.5 Å². The van der Waals surface area contributed by atoms with E-state index in [9.17, 15) is 5.26 Å². The van der Waals surface area contributed by atoms with Gasteiger partial charge in [-0.25, -0.2) is 9.98 Å². The van der Waals surface area contributed by atoms with Crippen LogP contribution in [0.25, 0.3) is 0 Å². The Morgan fingerprint density at radius 3 is 2.12 bits per heavy atom. The summed E-state index contributed by atoms with van der Waals surface area (Å²) in [5.74, 6) is 6.64. The largest absolute Gasteiger partial charge is 0.384 e. The molecule has 0 amide bonds. The lowest BCUT2D eigenvalue weighted by molar-refractivity contribution is 0.623. The van der Waals surface area contributed by atoms with Gasteiger partial charge < -0.3 is 10.6 Å². The molecule has 274 valence electrons. The van der Waals surface area contributed by atoms with Gasteiger partial charge in [-0.1, -0.05) is 113 Å². The molecule has 0 aromatic carbocycles. The lowest BCUT2D eigenvalue weighted by Gasteiger charge is -2.18. The van der Waals surface area contributed by atoms with E-state index in [1.807, 2.05) is 46.8 Å². The molecule has 1 heterocycles. The van der Waals surface area contributed by atoms with Gasteiger partial charge in [0.1, 0.15) is 6.07 Å². The second-order valence-electron chi connectivity index (χ2n) is 12.0. The third-order valence-electron chi connectivity index (χ3n) is 8.00. The van der Waals surface area contributed by atoms with Crippen molar-refractivity contribution in [1.82, 2.24) is 20.2 Å². The fourth-order valence-electron chi connectivity index (χ4n) is 3.91. The van der Waals surface area contributed by atoms with E-state index in [1.165, 1.54) is 16.7 Å². The number of hydrogen-bond donors (Lipinski definition) is 2. The number of nitrogens with one attached hydrogen (secondary N) is 2. The third kappa shape index (κ3) is 18.3. The van der Waals surface area contributed by atoms with Crippen molar-refractivity contribution in [2.24, 2.45) is 4.99 Å². The molecule has 0 aliphatic heterocycles. The highest BCUT2D eigenvalue weighted by Gasteiger charge is 2.16. The van der Waals surface area contributed by atoms with E-state index in [2.05, 4.69) is 138 Å². The Labute approximate surface area is 311 Å². The van der Waals surface area contributed by atoms with Crippen molar-refractivity contribution in [3.8, 4) is 17.9 Å². The third-order valence-corrected chi connectivity index (χ3v) is 8.00. The van der Waals surface area contributed by atoms with Crippen LogP contribution in [0.4, 0.5) is 5.82 Å². The van der Waals surface area contributed by atoms with Gasteiger partial charge >= 0.3 is 0 Å². The Morgan fingerprint density at radius 1 is 1.02 bits per heavy atom. The first-order valence-corrected chi connectivity index (χ1v) is 17.3. The lowest BCUT2D eigenvalue weighted by atomic mass is 10.0. The summed E-state index contributed by atoms with van der Waals surface area (Å²) in [5, 5.41) is 15.7. The van der Waals surface area contributed by atoms with Crippen molar-refractivity contribution < 1.29 is 0 Å². The molecule has 0 bridgehead atoms. The van der Waals surface area contributed by atoms with Crippen molar-refractivity contribution in [3.63, 3.8) is 0 Å². The van der Waals surface area contributed by atoms with Gasteiger partial charge in [-0.3, -0.25) is 4.57 Å². The molecule has 1 aromatic heterocycles. The fraction of sp³-hybridized carbons (Fsp3) is 0.356. The highest BCUT2D eigenvalue weighted by Crippen LogP contribution is 2.25. The molecule has 6 heteroatoms. The first-order valence-electron chi connectivity index (χ1n) is 17.3. The molecule has 1 rings (SSSR count). The maximum Gasteiger partial charge on any atom is 0.214 e. The van der Waals surface area contributed by atoms with E-state index in [4.69, 9.17) is 0 Å². The van der Waals surface area contributed by atoms with E-state index in [-0.39, 0.29) is 12.1 Å². The van der Waals surface area contributed by atoms with Gasteiger partial charge in [0.25, 0.3) is 0 Å². The fourth-order valence-corrected chi connectivity index (χ4v) is 3.91. The molecule has 51 heavy (non-hydrogen) atoms. The SMILES string of the molecule is C=C(NCCC)/C(C)=N/c1cnc(C#N)n1C(C)C(=C)C.C=C/C(=C\C#CC)C(=C)CC.C=C/C=C(\C)[C@H](C)NC(=C)C(=C)/C=C(C)/C(C)=C\C. The summed E-state index contributed by atoms with van der Waals surface area (Å²) in [6.45, 7) is 50.3. The zero-order valence-electron chi connectivity index (χ0n) is 33.6. The molecule has 0 fully saturated rings. The standard InChI is InChI=1S/C18H27N.C16H23N5.C11H14/c1-9-11-14(4)17(7)19-18(8)16(6)12-15(5)13(3)10-2;1-7-8-18-12(4)13(5)20-16-10-19-15(9-17)21(16)14(6)11(2)3;1-5-8-9-11(7-3)10(4)6-2/h9-12,17,19H,1,6,8H2,2-5,7H3;10,14,18H,2,4,7-8H2,1,3,5-6H3;7,9H,3-4,6H2,1-2H3/b13-10-,14-11+,15-12+;20-13+;11-9+/t17-;;/m0../s1. The molecule has 0 spiro atoms. The Kier molecular flexibility index (Phi) is 24.9. The maximum absolute atomic E-state index is 9.18. The first-order chi connectivity index (χ1) is 24.0. The van der Waals surface area contributed by atoms with Crippen molar-refractivity contribution in [1.29, 1.82) is 5.26 Å². The number of rotatable bonds is 17. The van der Waals surface area contributed by atoms with Crippen LogP contribution in [0.3, 0.4) is 0 Å². The number of aromatic nitrogens is 2. The number of nitriles is 1. The van der Waals surface area contributed by atoms with Gasteiger partial charge in [0.15, 0.2) is 5.82 Å². The van der Waals surface area contributed by atoms with Crippen LogP contribution in [-0.4, -0.2) is 27.8 Å². The van der Waals surface area contributed by atoms with Gasteiger partial charge in [-0.15, -0.1) is 5.92 Å². The van der Waals surface area contributed by atoms with Crippen LogP contribution in [0.1, 0.15) is 101 Å². The van der Waals surface area contributed by atoms with Crippen LogP contribution in [0, 0.1) is 23.2 Å². The second-order valence-corrected chi connectivity index (χ2v) is 12.0. The molecule has 0 saturated carbocycles. The second kappa shape index (κ2) is 26.5. The van der Waals surface area contributed by atoms with Crippen LogP contribution in [0.2, 0.25) is 0 Å². The summed E-state index contributed by atoms with van der Waals surface area (Å²) in [7, 11) is 0. The van der Waals surface area contributed by atoms with Crippen LogP contribution in [-0.2, 0) is 0 Å². The minimum atomic E-state index is -0.0365. The van der Waals surface area contributed by atoms with Crippen LogP contribution in [0.5, 0.6) is 0 Å². The quantitative estimate of drug-likeness (QED) is 0.0739. The van der Waals surface area contributed by atoms with Crippen molar-refractivity contribution in [2.75, 3.05) is 6.54 Å². The number of imidazole rings is 1. The van der Waals surface area contributed by atoms with Gasteiger partial charge in [0.2, 0.25) is 5.82 Å². The van der Waals surface area contributed by atoms with E-state index >= 15 is 0 Å². The Hall–Kier alpha value is -5.33. The van der Waals surface area contributed by atoms with Crippen LogP contribution in [0.15, 0.2) is 144 Å². The highest BCUT2D eigenvalue weighted by molar-refractivity contribution is 5.98. The van der Waals surface area contributed by atoms with Crippen molar-refractivity contribution in [2.45, 2.75) is 101 Å². The average molecular weight is 689 g/mol. The highest BCUT2D eigenvalue weighted by atomic mass is 15.2. The predicted molar refractivity (Wildman–Crippen MR) is 226 cm³/mol. The molecule has 1 aromatic rings. The molecule has 1 unspecified atom stereocenters. The number of hydrogen-bond acceptors (Lipinski definition) is 5. The molecule has 0 saturated heterocycles. The molecule has 0 aliphatic carbocycles. The number of aliphatic imine (C=N–C) groups is 1. The summed E-state index contributed by atoms with van der Waals surface area (Å²) in [4.78, 5) is 8.66. The van der Waals surface area contributed by atoms with Gasteiger partial charge in [-0.2, -0.15) is 5.26 Å². The zero-order chi connectivity index (χ0) is 39.7. The van der Waals surface area contributed by atoms with E-state index in [0.717, 1.165) is 58.8 Å². The molecular weight excluding hydrogens is 625 g/mol. The summed E-state index contributed by atoms with van der Waals surface area (Å²) in [5.41, 5.74) is 10.1. The molecule has 2 atom stereocenters. The van der Waals surface area contributed by atoms with Crippen LogP contribution < -0.4 is 10.6 Å². The number of allylic oxidation sites excluding steroid dienone is 12. The minimum absolute atomic E-state index is 0.0365.